The largest absolute Gasteiger partial charge is 0.205 e. The Morgan fingerprint density at radius 2 is 2.15 bits per heavy atom. The van der Waals surface area contributed by atoms with E-state index in [2.05, 4.69) is 13.8 Å². The summed E-state index contributed by atoms with van der Waals surface area (Å²) in [5, 5.41) is 0.223. The molecule has 1 aromatic rings. The Morgan fingerprint density at radius 1 is 1.46 bits per heavy atom. The highest BCUT2D eigenvalue weighted by Crippen LogP contribution is 2.24. The standard InChI is InChI=1S/C11H14ClF/c1-3-4-8(2)9-5-6-11(13)10(12)7-9/h5-8H,3-4H2,1-2H3. The van der Waals surface area contributed by atoms with Gasteiger partial charge in [0.25, 0.3) is 0 Å². The van der Waals surface area contributed by atoms with Gasteiger partial charge >= 0.3 is 0 Å². The van der Waals surface area contributed by atoms with Crippen molar-refractivity contribution in [2.24, 2.45) is 0 Å². The van der Waals surface area contributed by atoms with Gasteiger partial charge in [0.15, 0.2) is 0 Å². The van der Waals surface area contributed by atoms with Crippen molar-refractivity contribution in [3.63, 3.8) is 0 Å². The van der Waals surface area contributed by atoms with E-state index >= 15 is 0 Å². The molecule has 0 heterocycles. The maximum atomic E-state index is 12.8. The topological polar surface area (TPSA) is 0 Å². The molecule has 1 atom stereocenters. The van der Waals surface area contributed by atoms with E-state index in [0.29, 0.717) is 5.92 Å². The molecule has 0 bridgehead atoms. The Hall–Kier alpha value is -0.560. The van der Waals surface area contributed by atoms with Gasteiger partial charge in [-0.05, 0) is 30.0 Å². The third kappa shape index (κ3) is 2.70. The molecule has 0 amide bonds. The molecule has 0 radical (unpaired) electrons. The zero-order valence-electron chi connectivity index (χ0n) is 7.98. The average Bonchev–Trinajstić information content (AvgIpc) is 2.10. The Labute approximate surface area is 83.7 Å². The predicted octanol–water partition coefficient (Wildman–Crippen LogP) is 4.38. The molecule has 0 saturated heterocycles. The lowest BCUT2D eigenvalue weighted by Gasteiger charge is -2.10. The van der Waals surface area contributed by atoms with Gasteiger partial charge in [-0.15, -0.1) is 0 Å². The first-order valence-electron chi connectivity index (χ1n) is 4.60. The SMILES string of the molecule is CCCC(C)c1ccc(F)c(Cl)c1. The smallest absolute Gasteiger partial charge is 0.141 e. The quantitative estimate of drug-likeness (QED) is 0.679. The fourth-order valence-electron chi connectivity index (χ4n) is 1.42. The van der Waals surface area contributed by atoms with E-state index in [4.69, 9.17) is 11.6 Å². The minimum atomic E-state index is -0.339. The Balaban J connectivity index is 2.84. The molecule has 0 aliphatic rings. The molecule has 0 aliphatic carbocycles. The van der Waals surface area contributed by atoms with Crippen LogP contribution in [0.4, 0.5) is 4.39 Å². The van der Waals surface area contributed by atoms with Crippen LogP contribution in [0.25, 0.3) is 0 Å². The molecule has 1 unspecified atom stereocenters. The summed E-state index contributed by atoms with van der Waals surface area (Å²) in [6.07, 6.45) is 2.25. The van der Waals surface area contributed by atoms with Gasteiger partial charge < -0.3 is 0 Å². The van der Waals surface area contributed by atoms with Crippen molar-refractivity contribution in [2.75, 3.05) is 0 Å². The molecule has 0 aliphatic heterocycles. The maximum absolute atomic E-state index is 12.8. The van der Waals surface area contributed by atoms with Crippen LogP contribution in [0, 0.1) is 5.82 Å². The minimum Gasteiger partial charge on any atom is -0.205 e. The fraction of sp³-hybridized carbons (Fsp3) is 0.455. The molecule has 1 aromatic carbocycles. The number of hydrogen-bond donors (Lipinski definition) is 0. The molecule has 2 heteroatoms. The summed E-state index contributed by atoms with van der Waals surface area (Å²) in [5.74, 6) is 0.122. The highest BCUT2D eigenvalue weighted by atomic mass is 35.5. The monoisotopic (exact) mass is 200 g/mol. The van der Waals surface area contributed by atoms with Crippen molar-refractivity contribution in [1.29, 1.82) is 0 Å². The van der Waals surface area contributed by atoms with Crippen LogP contribution in [0.15, 0.2) is 18.2 Å². The molecule has 0 saturated carbocycles. The zero-order chi connectivity index (χ0) is 9.84. The molecular formula is C11H14ClF. The van der Waals surface area contributed by atoms with Crippen LogP contribution >= 0.6 is 11.6 Å². The van der Waals surface area contributed by atoms with Crippen LogP contribution in [-0.4, -0.2) is 0 Å². The van der Waals surface area contributed by atoms with E-state index in [1.54, 1.807) is 6.07 Å². The van der Waals surface area contributed by atoms with Crippen LogP contribution in [0.5, 0.6) is 0 Å². The first-order chi connectivity index (χ1) is 6.15. The Bertz CT molecular complexity index is 283. The summed E-state index contributed by atoms with van der Waals surface area (Å²) in [7, 11) is 0. The van der Waals surface area contributed by atoms with Crippen molar-refractivity contribution >= 4 is 11.6 Å². The van der Waals surface area contributed by atoms with Crippen LogP contribution < -0.4 is 0 Å². The second kappa shape index (κ2) is 4.61. The molecule has 0 nitrogen and oxygen atoms in total. The van der Waals surface area contributed by atoms with Crippen LogP contribution in [0.2, 0.25) is 5.02 Å². The van der Waals surface area contributed by atoms with Gasteiger partial charge in [0.1, 0.15) is 5.82 Å². The maximum Gasteiger partial charge on any atom is 0.141 e. The van der Waals surface area contributed by atoms with E-state index in [-0.39, 0.29) is 10.8 Å². The minimum absolute atomic E-state index is 0.223. The van der Waals surface area contributed by atoms with E-state index in [9.17, 15) is 4.39 Å². The van der Waals surface area contributed by atoms with Gasteiger partial charge in [-0.2, -0.15) is 0 Å². The average molecular weight is 201 g/mol. The van der Waals surface area contributed by atoms with Gasteiger partial charge in [0.05, 0.1) is 5.02 Å². The van der Waals surface area contributed by atoms with E-state index in [1.807, 2.05) is 6.07 Å². The van der Waals surface area contributed by atoms with Crippen molar-refractivity contribution in [3.05, 3.63) is 34.6 Å². The van der Waals surface area contributed by atoms with Crippen molar-refractivity contribution in [2.45, 2.75) is 32.6 Å². The highest BCUT2D eigenvalue weighted by Gasteiger charge is 2.06. The molecule has 13 heavy (non-hydrogen) atoms. The molecule has 72 valence electrons. The van der Waals surface area contributed by atoms with Crippen LogP contribution in [-0.2, 0) is 0 Å². The van der Waals surface area contributed by atoms with Crippen LogP contribution in [0.3, 0.4) is 0 Å². The molecule has 0 spiro atoms. The lowest BCUT2D eigenvalue weighted by Crippen LogP contribution is -1.93. The van der Waals surface area contributed by atoms with Crippen molar-refractivity contribution in [1.82, 2.24) is 0 Å². The molecule has 0 fully saturated rings. The third-order valence-corrected chi connectivity index (χ3v) is 2.52. The summed E-state index contributed by atoms with van der Waals surface area (Å²) in [5.41, 5.74) is 1.12. The number of hydrogen-bond acceptors (Lipinski definition) is 0. The lowest BCUT2D eigenvalue weighted by atomic mass is 9.97. The summed E-state index contributed by atoms with van der Waals surface area (Å²) in [4.78, 5) is 0. The fourth-order valence-corrected chi connectivity index (χ4v) is 1.61. The van der Waals surface area contributed by atoms with E-state index in [1.165, 1.54) is 6.07 Å². The second-order valence-corrected chi connectivity index (χ2v) is 3.77. The third-order valence-electron chi connectivity index (χ3n) is 2.23. The van der Waals surface area contributed by atoms with Gasteiger partial charge in [0.2, 0.25) is 0 Å². The van der Waals surface area contributed by atoms with Crippen molar-refractivity contribution < 1.29 is 4.39 Å². The summed E-state index contributed by atoms with van der Waals surface area (Å²) < 4.78 is 12.8. The Morgan fingerprint density at radius 3 is 2.69 bits per heavy atom. The van der Waals surface area contributed by atoms with Crippen molar-refractivity contribution in [3.8, 4) is 0 Å². The van der Waals surface area contributed by atoms with E-state index < -0.39 is 0 Å². The molecule has 1 rings (SSSR count). The Kier molecular flexibility index (Phi) is 3.73. The first kappa shape index (κ1) is 10.5. The summed E-state index contributed by atoms with van der Waals surface area (Å²) in [6.45, 7) is 4.27. The summed E-state index contributed by atoms with van der Waals surface area (Å²) in [6, 6.07) is 4.96. The predicted molar refractivity (Wildman–Crippen MR) is 54.7 cm³/mol. The molecule has 0 aromatic heterocycles. The first-order valence-corrected chi connectivity index (χ1v) is 4.98. The number of rotatable bonds is 3. The number of halogens is 2. The van der Waals surface area contributed by atoms with E-state index in [0.717, 1.165) is 18.4 Å². The highest BCUT2D eigenvalue weighted by molar-refractivity contribution is 6.30. The lowest BCUT2D eigenvalue weighted by molar-refractivity contribution is 0.622. The number of benzene rings is 1. The van der Waals surface area contributed by atoms with Gasteiger partial charge in [-0.25, -0.2) is 4.39 Å². The normalized spacial score (nSPS) is 12.9. The summed E-state index contributed by atoms with van der Waals surface area (Å²) >= 11 is 5.68. The van der Waals surface area contributed by atoms with Gasteiger partial charge in [-0.1, -0.05) is 37.9 Å². The zero-order valence-corrected chi connectivity index (χ0v) is 8.74. The second-order valence-electron chi connectivity index (χ2n) is 3.36. The molecule has 0 N–H and O–H groups in total. The molecular weight excluding hydrogens is 187 g/mol. The van der Waals surface area contributed by atoms with Gasteiger partial charge in [0, 0.05) is 0 Å². The van der Waals surface area contributed by atoms with Crippen LogP contribution in [0.1, 0.15) is 38.2 Å². The van der Waals surface area contributed by atoms with Gasteiger partial charge in [-0.3, -0.25) is 0 Å².